The molecule has 210 valence electrons. The van der Waals surface area contributed by atoms with Gasteiger partial charge in [0.15, 0.2) is 5.82 Å². The number of carboxylic acids is 1. The molecular formula is C30H28ClFN6O3. The van der Waals surface area contributed by atoms with Crippen molar-refractivity contribution in [3.05, 3.63) is 76.6 Å². The van der Waals surface area contributed by atoms with Crippen molar-refractivity contribution in [1.29, 1.82) is 0 Å². The molecule has 9 nitrogen and oxygen atoms in total. The fourth-order valence-corrected chi connectivity index (χ4v) is 6.44. The minimum Gasteiger partial charge on any atom is -0.478 e. The minimum absolute atomic E-state index is 0.00317. The lowest BCUT2D eigenvalue weighted by atomic mass is 9.65. The summed E-state index contributed by atoms with van der Waals surface area (Å²) < 4.78 is 15.6. The van der Waals surface area contributed by atoms with Crippen LogP contribution in [0.2, 0.25) is 5.02 Å². The van der Waals surface area contributed by atoms with E-state index >= 15 is 0 Å². The lowest BCUT2D eigenvalue weighted by Gasteiger charge is -2.37. The molecule has 41 heavy (non-hydrogen) atoms. The lowest BCUT2D eigenvalue weighted by Crippen LogP contribution is -2.41. The standard InChI is InChI=1S/C30H28ClFN6O3/c1-30(18-8-5-16(6-9-18)7-12-23(39)40)24-26(33)34-28(35-27(24)36-29(30)41)25-21-11-10-19(31)14-22(21)38(37-25)15-17-3-2-4-20(32)13-17/h2-4,7,10-14,16,18H,5-6,8-9,15H2,1H3,(H,39,40)(H3,33,34,35,36,41). The maximum Gasteiger partial charge on any atom is 0.327 e. The van der Waals surface area contributed by atoms with Gasteiger partial charge in [0.1, 0.15) is 23.1 Å². The molecule has 1 atom stereocenters. The zero-order valence-corrected chi connectivity index (χ0v) is 23.0. The van der Waals surface area contributed by atoms with Crippen LogP contribution in [0.4, 0.5) is 16.0 Å². The van der Waals surface area contributed by atoms with Gasteiger partial charge in [-0.15, -0.1) is 0 Å². The summed E-state index contributed by atoms with van der Waals surface area (Å²) in [6, 6.07) is 11.7. The van der Waals surface area contributed by atoms with Crippen LogP contribution in [0.25, 0.3) is 22.4 Å². The van der Waals surface area contributed by atoms with Crippen molar-refractivity contribution >= 4 is 46.0 Å². The van der Waals surface area contributed by atoms with Gasteiger partial charge in [-0.25, -0.2) is 19.2 Å². The number of fused-ring (bicyclic) bond motifs is 2. The highest BCUT2D eigenvalue weighted by molar-refractivity contribution is 6.31. The van der Waals surface area contributed by atoms with E-state index in [1.165, 1.54) is 18.2 Å². The molecule has 2 aromatic heterocycles. The number of benzene rings is 2. The summed E-state index contributed by atoms with van der Waals surface area (Å²) in [5.74, 6) is -0.467. The van der Waals surface area contributed by atoms with Crippen molar-refractivity contribution in [2.24, 2.45) is 11.8 Å². The summed E-state index contributed by atoms with van der Waals surface area (Å²) in [5, 5.41) is 17.9. The molecule has 2 aromatic carbocycles. The van der Waals surface area contributed by atoms with Crippen molar-refractivity contribution in [2.75, 3.05) is 11.1 Å². The quantitative estimate of drug-likeness (QED) is 0.256. The van der Waals surface area contributed by atoms with Crippen LogP contribution >= 0.6 is 11.6 Å². The molecule has 1 amide bonds. The predicted molar refractivity (Wildman–Crippen MR) is 154 cm³/mol. The van der Waals surface area contributed by atoms with Gasteiger partial charge in [-0.1, -0.05) is 29.8 Å². The van der Waals surface area contributed by atoms with E-state index in [0.29, 0.717) is 28.6 Å². The van der Waals surface area contributed by atoms with E-state index in [9.17, 15) is 14.0 Å². The van der Waals surface area contributed by atoms with Gasteiger partial charge in [0.2, 0.25) is 5.91 Å². The molecule has 0 spiro atoms. The zero-order chi connectivity index (χ0) is 28.9. The number of amides is 1. The van der Waals surface area contributed by atoms with Gasteiger partial charge in [-0.05, 0) is 80.3 Å². The van der Waals surface area contributed by atoms with E-state index in [-0.39, 0.29) is 35.2 Å². The topological polar surface area (TPSA) is 136 Å². The van der Waals surface area contributed by atoms with Gasteiger partial charge in [0.05, 0.1) is 23.0 Å². The fourth-order valence-electron chi connectivity index (χ4n) is 6.28. The highest BCUT2D eigenvalue weighted by Crippen LogP contribution is 2.50. The van der Waals surface area contributed by atoms with Gasteiger partial charge in [0.25, 0.3) is 0 Å². The average molecular weight is 575 g/mol. The Labute approximate surface area is 240 Å². The normalized spacial score (nSPS) is 22.3. The third kappa shape index (κ3) is 4.82. The second kappa shape index (κ2) is 10.3. The second-order valence-electron chi connectivity index (χ2n) is 10.9. The molecule has 4 aromatic rings. The zero-order valence-electron chi connectivity index (χ0n) is 22.3. The summed E-state index contributed by atoms with van der Waals surface area (Å²) in [5.41, 5.74) is 8.16. The fraction of sp³-hybridized carbons (Fsp3) is 0.300. The molecule has 1 aliphatic heterocycles. The first-order valence-corrected chi connectivity index (χ1v) is 13.8. The van der Waals surface area contributed by atoms with Gasteiger partial charge in [-0.3, -0.25) is 9.48 Å². The molecule has 2 aliphatic rings. The molecule has 0 bridgehead atoms. The molecule has 1 unspecified atom stereocenters. The van der Waals surface area contributed by atoms with Crippen LogP contribution < -0.4 is 11.1 Å². The molecule has 6 rings (SSSR count). The van der Waals surface area contributed by atoms with Crippen molar-refractivity contribution in [1.82, 2.24) is 19.7 Å². The third-order valence-corrected chi connectivity index (χ3v) is 8.64. The van der Waals surface area contributed by atoms with Crippen molar-refractivity contribution in [3.8, 4) is 11.5 Å². The van der Waals surface area contributed by atoms with Crippen LogP contribution in [-0.2, 0) is 21.5 Å². The second-order valence-corrected chi connectivity index (χ2v) is 11.4. The number of nitrogens with one attached hydrogen (secondary N) is 1. The number of hydrogen-bond donors (Lipinski definition) is 3. The Morgan fingerprint density at radius 1 is 1.22 bits per heavy atom. The van der Waals surface area contributed by atoms with E-state index in [1.54, 1.807) is 29.0 Å². The molecule has 3 heterocycles. The predicted octanol–water partition coefficient (Wildman–Crippen LogP) is 5.57. The number of rotatable bonds is 6. The Bertz CT molecular complexity index is 1730. The lowest BCUT2D eigenvalue weighted by molar-refractivity contribution is -0.131. The first kappa shape index (κ1) is 26.9. The number of allylic oxidation sites excluding steroid dienone is 1. The summed E-state index contributed by atoms with van der Waals surface area (Å²) >= 11 is 6.31. The number of nitrogens with two attached hydrogens (primary N) is 1. The molecule has 1 aliphatic carbocycles. The number of anilines is 2. The highest BCUT2D eigenvalue weighted by atomic mass is 35.5. The number of carbonyl (C=O) groups excluding carboxylic acids is 1. The molecule has 1 fully saturated rings. The Morgan fingerprint density at radius 3 is 2.73 bits per heavy atom. The number of carbonyl (C=O) groups is 2. The van der Waals surface area contributed by atoms with Crippen LogP contribution in [0, 0.1) is 17.7 Å². The smallest absolute Gasteiger partial charge is 0.327 e. The first-order chi connectivity index (χ1) is 19.6. The van der Waals surface area contributed by atoms with E-state index in [2.05, 4.69) is 10.3 Å². The Kier molecular flexibility index (Phi) is 6.73. The van der Waals surface area contributed by atoms with Crippen LogP contribution in [0.15, 0.2) is 54.6 Å². The summed E-state index contributed by atoms with van der Waals surface area (Å²) in [4.78, 5) is 33.7. The van der Waals surface area contributed by atoms with Crippen LogP contribution in [0.3, 0.4) is 0 Å². The van der Waals surface area contributed by atoms with Gasteiger partial charge in [-0.2, -0.15) is 5.10 Å². The van der Waals surface area contributed by atoms with Crippen LogP contribution in [0.5, 0.6) is 0 Å². The van der Waals surface area contributed by atoms with Crippen LogP contribution in [0.1, 0.15) is 43.7 Å². The maximum atomic E-state index is 13.9. The largest absolute Gasteiger partial charge is 0.478 e. The number of hydrogen-bond acceptors (Lipinski definition) is 6. The molecule has 4 N–H and O–H groups in total. The van der Waals surface area contributed by atoms with Crippen molar-refractivity contribution in [2.45, 2.75) is 44.6 Å². The number of nitrogen functional groups attached to an aromatic ring is 1. The molecule has 11 heteroatoms. The summed E-state index contributed by atoms with van der Waals surface area (Å²) in [6.45, 7) is 2.19. The SMILES string of the molecule is CC1(C2CCC(C=CC(=O)O)CC2)C(=O)Nc2nc(-c3nn(Cc4cccc(F)c4)c4cc(Cl)ccc34)nc(N)c21. The van der Waals surface area contributed by atoms with Crippen molar-refractivity contribution in [3.63, 3.8) is 0 Å². The number of halogens is 2. The van der Waals surface area contributed by atoms with E-state index in [1.807, 2.05) is 19.1 Å². The first-order valence-electron chi connectivity index (χ1n) is 13.4. The molecule has 1 saturated carbocycles. The number of nitrogens with zero attached hydrogens (tertiary/aromatic N) is 4. The Morgan fingerprint density at radius 2 is 2.00 bits per heavy atom. The van der Waals surface area contributed by atoms with Crippen LogP contribution in [-0.4, -0.2) is 36.7 Å². The summed E-state index contributed by atoms with van der Waals surface area (Å²) in [7, 11) is 0. The van der Waals surface area contributed by atoms with Crippen molar-refractivity contribution < 1.29 is 19.1 Å². The number of aliphatic carboxylic acids is 1. The minimum atomic E-state index is -0.960. The molecule has 0 radical (unpaired) electrons. The third-order valence-electron chi connectivity index (χ3n) is 8.41. The van der Waals surface area contributed by atoms with E-state index < -0.39 is 11.4 Å². The Hall–Kier alpha value is -4.31. The monoisotopic (exact) mass is 574 g/mol. The average Bonchev–Trinajstić information content (AvgIpc) is 3.42. The van der Waals surface area contributed by atoms with E-state index in [4.69, 9.17) is 32.5 Å². The molecular weight excluding hydrogens is 547 g/mol. The Balaban J connectivity index is 1.36. The summed E-state index contributed by atoms with van der Waals surface area (Å²) in [6.07, 6.45) is 5.97. The van der Waals surface area contributed by atoms with Gasteiger partial charge in [0, 0.05) is 16.5 Å². The number of carboxylic acid groups (broad SMARTS) is 1. The highest BCUT2D eigenvalue weighted by Gasteiger charge is 2.51. The maximum absolute atomic E-state index is 13.9. The number of aromatic nitrogens is 4. The van der Waals surface area contributed by atoms with Gasteiger partial charge < -0.3 is 16.2 Å². The molecule has 0 saturated heterocycles. The van der Waals surface area contributed by atoms with Gasteiger partial charge >= 0.3 is 5.97 Å². The van der Waals surface area contributed by atoms with E-state index in [0.717, 1.165) is 42.1 Å².